The van der Waals surface area contributed by atoms with Crippen LogP contribution in [0.1, 0.15) is 26.3 Å². The number of nitrogens with one attached hydrogen (secondary N) is 1. The van der Waals surface area contributed by atoms with Crippen molar-refractivity contribution in [2.45, 2.75) is 0 Å². The van der Waals surface area contributed by atoms with E-state index in [1.165, 1.54) is 17.2 Å². The highest BCUT2D eigenvalue weighted by Crippen LogP contribution is 2.26. The Hall–Kier alpha value is -4.56. The van der Waals surface area contributed by atoms with Crippen LogP contribution < -0.4 is 11.1 Å². The molecule has 0 saturated heterocycles. The zero-order valence-electron chi connectivity index (χ0n) is 17.7. The Labute approximate surface area is 199 Å². The number of rotatable bonds is 3. The van der Waals surface area contributed by atoms with E-state index >= 15 is 0 Å². The summed E-state index contributed by atoms with van der Waals surface area (Å²) < 4.78 is 5.31. The second-order valence-corrected chi connectivity index (χ2v) is 7.85. The Bertz CT molecular complexity index is 1510. The molecule has 1 N–H and O–H groups in total. The lowest BCUT2D eigenvalue weighted by Crippen LogP contribution is -2.54. The average molecular weight is 468 g/mol. The molecule has 34 heavy (non-hydrogen) atoms. The van der Waals surface area contributed by atoms with E-state index in [2.05, 4.69) is 5.43 Å². The normalized spacial score (nSPS) is 13.4. The highest BCUT2D eigenvalue weighted by Gasteiger charge is 2.33. The number of hydrogen-bond acceptors (Lipinski definition) is 5. The summed E-state index contributed by atoms with van der Waals surface area (Å²) in [7, 11) is 0. The van der Waals surface area contributed by atoms with Crippen LogP contribution in [0.25, 0.3) is 16.7 Å². The van der Waals surface area contributed by atoms with Crippen molar-refractivity contribution in [2.75, 3.05) is 0 Å². The number of nitrogens with zero attached hydrogens (tertiary/aromatic N) is 2. The minimum atomic E-state index is -0.770. The molecule has 166 valence electrons. The summed E-state index contributed by atoms with van der Waals surface area (Å²) in [6.45, 7) is 0. The van der Waals surface area contributed by atoms with Crippen LogP contribution in [0.2, 0.25) is 0 Å². The lowest BCUT2D eigenvalue weighted by molar-refractivity contribution is 0.0756. The van der Waals surface area contributed by atoms with Gasteiger partial charge in [0.1, 0.15) is 11.1 Å². The molecule has 7 nitrogen and oxygen atoms in total. The van der Waals surface area contributed by atoms with Crippen LogP contribution in [0.3, 0.4) is 0 Å². The summed E-state index contributed by atoms with van der Waals surface area (Å²) >= 11 is 5.49. The first-order valence-electron chi connectivity index (χ1n) is 10.4. The summed E-state index contributed by atoms with van der Waals surface area (Å²) in [6, 6.07) is 26.2. The van der Waals surface area contributed by atoms with Gasteiger partial charge in [-0.05, 0) is 36.5 Å². The third kappa shape index (κ3) is 3.87. The predicted octanol–water partition coefficient (Wildman–Crippen LogP) is 4.18. The summed E-state index contributed by atoms with van der Waals surface area (Å²) in [4.78, 5) is 40.5. The number of carbonyl (C=O) groups excluding carboxylic acids is 2. The van der Waals surface area contributed by atoms with Crippen molar-refractivity contribution in [3.63, 3.8) is 0 Å². The largest absolute Gasteiger partial charge is 0.422 e. The number of carbonyl (C=O) groups is 2. The fraction of sp³-hybridized carbons (Fsp3) is 0. The molecule has 1 aliphatic heterocycles. The number of hydrogen-bond donors (Lipinski definition) is 1. The molecule has 1 aliphatic rings. The van der Waals surface area contributed by atoms with Gasteiger partial charge in [-0.2, -0.15) is 0 Å². The van der Waals surface area contributed by atoms with Crippen molar-refractivity contribution < 1.29 is 14.0 Å². The smallest absolute Gasteiger partial charge is 0.349 e. The van der Waals surface area contributed by atoms with Crippen molar-refractivity contribution in [1.82, 2.24) is 15.3 Å². The van der Waals surface area contributed by atoms with Crippen LogP contribution in [0.15, 0.2) is 106 Å². The molecule has 2 amide bonds. The fourth-order valence-electron chi connectivity index (χ4n) is 3.65. The number of benzene rings is 3. The van der Waals surface area contributed by atoms with Crippen molar-refractivity contribution in [3.8, 4) is 0 Å². The summed E-state index contributed by atoms with van der Waals surface area (Å²) in [5.41, 5.74) is 3.68. The average Bonchev–Trinajstić information content (AvgIpc) is 2.88. The fourth-order valence-corrected chi connectivity index (χ4v) is 3.93. The highest BCUT2D eigenvalue weighted by atomic mass is 32.1. The monoisotopic (exact) mass is 467 g/mol. The van der Waals surface area contributed by atoms with E-state index in [-0.39, 0.29) is 16.6 Å². The molecule has 0 bridgehead atoms. The molecule has 0 unspecified atom stereocenters. The molecule has 4 aromatic rings. The number of hydrazine groups is 1. The Kier molecular flexibility index (Phi) is 5.49. The lowest BCUT2D eigenvalue weighted by atomic mass is 10.1. The van der Waals surface area contributed by atoms with Crippen LogP contribution in [0.5, 0.6) is 0 Å². The molecule has 0 radical (unpaired) electrons. The maximum atomic E-state index is 13.3. The van der Waals surface area contributed by atoms with Gasteiger partial charge < -0.3 is 4.42 Å². The Morgan fingerprint density at radius 2 is 1.47 bits per heavy atom. The molecular weight excluding hydrogens is 450 g/mol. The van der Waals surface area contributed by atoms with Crippen LogP contribution in [0, 0.1) is 0 Å². The van der Waals surface area contributed by atoms with Crippen LogP contribution >= 0.6 is 12.2 Å². The summed E-state index contributed by atoms with van der Waals surface area (Å²) in [5.74, 6) is -1.02. The van der Waals surface area contributed by atoms with Gasteiger partial charge in [0.25, 0.3) is 11.8 Å². The maximum Gasteiger partial charge on any atom is 0.349 e. The second-order valence-electron chi connectivity index (χ2n) is 7.46. The van der Waals surface area contributed by atoms with Gasteiger partial charge in [-0.3, -0.25) is 15.0 Å². The lowest BCUT2D eigenvalue weighted by Gasteiger charge is -2.35. The first-order valence-corrected chi connectivity index (χ1v) is 10.8. The van der Waals surface area contributed by atoms with E-state index in [0.717, 1.165) is 5.01 Å². The first kappa shape index (κ1) is 21.3. The number of thiocarbonyl (C=S) groups is 1. The van der Waals surface area contributed by atoms with E-state index in [1.807, 2.05) is 24.3 Å². The van der Waals surface area contributed by atoms with Crippen molar-refractivity contribution in [3.05, 3.63) is 124 Å². The zero-order chi connectivity index (χ0) is 23.7. The molecule has 0 saturated carbocycles. The quantitative estimate of drug-likeness (QED) is 0.360. The van der Waals surface area contributed by atoms with Crippen molar-refractivity contribution in [2.24, 2.45) is 0 Å². The molecule has 1 aromatic heterocycles. The first-order chi connectivity index (χ1) is 16.5. The third-order valence-corrected chi connectivity index (χ3v) is 5.57. The molecule has 3 aromatic carbocycles. The molecule has 0 aliphatic carbocycles. The van der Waals surface area contributed by atoms with Crippen LogP contribution in [0.4, 0.5) is 0 Å². The molecular formula is C26H17N3O4S. The van der Waals surface area contributed by atoms with Gasteiger partial charge in [-0.25, -0.2) is 14.7 Å². The van der Waals surface area contributed by atoms with E-state index in [0.29, 0.717) is 27.8 Å². The Morgan fingerprint density at radius 1 is 0.824 bits per heavy atom. The SMILES string of the molecule is O=C(c1cc2ccccc2oc1=O)N1C=C(c2ccccc2)N(C(=O)c2ccccc2)C(=S)N1. The Balaban J connectivity index is 1.59. The van der Waals surface area contributed by atoms with Gasteiger partial charge in [-0.15, -0.1) is 0 Å². The van der Waals surface area contributed by atoms with E-state index < -0.39 is 11.5 Å². The zero-order valence-corrected chi connectivity index (χ0v) is 18.5. The van der Waals surface area contributed by atoms with E-state index in [4.69, 9.17) is 16.6 Å². The van der Waals surface area contributed by atoms with Crippen LogP contribution in [-0.4, -0.2) is 26.8 Å². The summed E-state index contributed by atoms with van der Waals surface area (Å²) in [5, 5.41) is 1.70. The van der Waals surface area contributed by atoms with Crippen LogP contribution in [-0.2, 0) is 0 Å². The molecule has 0 spiro atoms. The highest BCUT2D eigenvalue weighted by molar-refractivity contribution is 7.80. The number of fused-ring (bicyclic) bond motifs is 1. The van der Waals surface area contributed by atoms with Gasteiger partial charge in [0, 0.05) is 16.5 Å². The third-order valence-electron chi connectivity index (χ3n) is 5.30. The minimum Gasteiger partial charge on any atom is -0.422 e. The molecule has 5 rings (SSSR count). The van der Waals surface area contributed by atoms with Gasteiger partial charge in [0.15, 0.2) is 5.11 Å². The predicted molar refractivity (Wildman–Crippen MR) is 131 cm³/mol. The second kappa shape index (κ2) is 8.76. The van der Waals surface area contributed by atoms with E-state index in [9.17, 15) is 14.4 Å². The standard InChI is InChI=1S/C26H17N3O4S/c30-23(18-11-5-2-6-12-18)29-21(17-9-3-1-4-10-17)16-28(27-26(29)34)24(31)20-15-19-13-7-8-14-22(19)33-25(20)32/h1-16H,(H,27,34). The maximum absolute atomic E-state index is 13.3. The van der Waals surface area contributed by atoms with Crippen molar-refractivity contribution in [1.29, 1.82) is 0 Å². The van der Waals surface area contributed by atoms with Gasteiger partial charge in [0.05, 0.1) is 11.9 Å². The van der Waals surface area contributed by atoms with Gasteiger partial charge in [0.2, 0.25) is 0 Å². The Morgan fingerprint density at radius 3 is 2.21 bits per heavy atom. The van der Waals surface area contributed by atoms with Crippen molar-refractivity contribution >= 4 is 45.8 Å². The molecule has 0 fully saturated rings. The number of amides is 2. The topological polar surface area (TPSA) is 82.9 Å². The molecule has 8 heteroatoms. The van der Waals surface area contributed by atoms with Gasteiger partial charge in [-0.1, -0.05) is 66.7 Å². The molecule has 2 heterocycles. The van der Waals surface area contributed by atoms with Gasteiger partial charge >= 0.3 is 5.63 Å². The molecule has 0 atom stereocenters. The van der Waals surface area contributed by atoms with E-state index in [1.54, 1.807) is 60.7 Å². The summed E-state index contributed by atoms with van der Waals surface area (Å²) in [6.07, 6.45) is 1.45. The minimum absolute atomic E-state index is 0.00580. The number of para-hydroxylation sites is 1.